The average Bonchev–Trinajstić information content (AvgIpc) is 2.40. The van der Waals surface area contributed by atoms with Gasteiger partial charge in [-0.1, -0.05) is 18.2 Å². The van der Waals surface area contributed by atoms with Crippen LogP contribution >= 0.6 is 11.8 Å². The Morgan fingerprint density at radius 2 is 2.43 bits per heavy atom. The van der Waals surface area contributed by atoms with Crippen molar-refractivity contribution in [3.05, 3.63) is 0 Å². The molecule has 1 rings (SSSR count). The third-order valence-electron chi connectivity index (χ3n) is 2.16. The first kappa shape index (κ1) is 11.4. The molecule has 0 aliphatic carbocycles. The van der Waals surface area contributed by atoms with Crippen molar-refractivity contribution in [2.45, 2.75) is 24.5 Å². The van der Waals surface area contributed by atoms with Crippen LogP contribution in [0.2, 0.25) is 0 Å². The van der Waals surface area contributed by atoms with Crippen LogP contribution in [-0.4, -0.2) is 37.0 Å². The molecule has 14 heavy (non-hydrogen) atoms. The minimum Gasteiger partial charge on any atom is -0.368 e. The lowest BCUT2D eigenvalue weighted by Crippen LogP contribution is -2.32. The second-order valence-electron chi connectivity index (χ2n) is 3.17. The van der Waals surface area contributed by atoms with E-state index in [1.165, 1.54) is 11.8 Å². The number of rotatable bonds is 1. The molecule has 0 saturated carbocycles. The summed E-state index contributed by atoms with van der Waals surface area (Å²) in [6, 6.07) is 0. The lowest BCUT2D eigenvalue weighted by molar-refractivity contribution is -0.120. The predicted molar refractivity (Wildman–Crippen MR) is 60.7 cm³/mol. The smallest absolute Gasteiger partial charge is 0.233 e. The molecule has 1 saturated heterocycles. The van der Waals surface area contributed by atoms with E-state index in [4.69, 9.17) is 0 Å². The zero-order chi connectivity index (χ0) is 10.4. The quantitative estimate of drug-likeness (QED) is 0.497. The molecule has 1 unspecified atom stereocenters. The average molecular weight is 215 g/mol. The summed E-state index contributed by atoms with van der Waals surface area (Å²) >= 11 is 1.51. The van der Waals surface area contributed by atoms with Crippen LogP contribution in [-0.2, 0) is 4.79 Å². The highest BCUT2D eigenvalue weighted by Crippen LogP contribution is 2.20. The van der Waals surface area contributed by atoms with Gasteiger partial charge in [-0.05, 0) is 12.8 Å². The van der Waals surface area contributed by atoms with Gasteiger partial charge in [0.05, 0.1) is 5.25 Å². The van der Waals surface area contributed by atoms with E-state index in [2.05, 4.69) is 15.6 Å². The van der Waals surface area contributed by atoms with Crippen LogP contribution in [0.25, 0.3) is 0 Å². The Labute approximate surface area is 88.9 Å². The molecule has 1 atom stereocenters. The number of amidine groups is 1. The Balaban J connectivity index is 2.52. The standard InChI is InChI=1S/C9H17N3OS/c1-10-9(11-2)14-7-5-3-4-6-12-8(7)13/h7H,3-6H2,1-2H3,(H,10,11)(H,12,13). The normalized spacial score (nSPS) is 24.0. The van der Waals surface area contributed by atoms with Crippen LogP contribution in [0.15, 0.2) is 4.99 Å². The SMILES string of the molecule is CN=C(NC)SC1CCCCNC1=O. The zero-order valence-corrected chi connectivity index (χ0v) is 9.49. The summed E-state index contributed by atoms with van der Waals surface area (Å²) < 4.78 is 0. The van der Waals surface area contributed by atoms with Crippen LogP contribution in [0.3, 0.4) is 0 Å². The highest BCUT2D eigenvalue weighted by Gasteiger charge is 2.22. The van der Waals surface area contributed by atoms with Gasteiger partial charge < -0.3 is 10.6 Å². The summed E-state index contributed by atoms with van der Waals surface area (Å²) in [5.74, 6) is 0.143. The van der Waals surface area contributed by atoms with Crippen molar-refractivity contribution in [2.24, 2.45) is 4.99 Å². The van der Waals surface area contributed by atoms with Crippen molar-refractivity contribution in [1.29, 1.82) is 0 Å². The zero-order valence-electron chi connectivity index (χ0n) is 8.67. The molecular weight excluding hydrogens is 198 g/mol. The van der Waals surface area contributed by atoms with E-state index in [9.17, 15) is 4.79 Å². The minimum atomic E-state index is 0.0173. The number of nitrogens with one attached hydrogen (secondary N) is 2. The number of hydrogen-bond donors (Lipinski definition) is 2. The van der Waals surface area contributed by atoms with Crippen molar-refractivity contribution >= 4 is 22.8 Å². The number of nitrogens with zero attached hydrogens (tertiary/aromatic N) is 1. The molecule has 1 fully saturated rings. The molecule has 1 amide bonds. The first-order valence-electron chi connectivity index (χ1n) is 4.87. The molecule has 4 nitrogen and oxygen atoms in total. The van der Waals surface area contributed by atoms with Gasteiger partial charge in [-0.2, -0.15) is 0 Å². The van der Waals surface area contributed by atoms with Gasteiger partial charge >= 0.3 is 0 Å². The Morgan fingerprint density at radius 3 is 3.07 bits per heavy atom. The summed E-state index contributed by atoms with van der Waals surface area (Å²) in [6.07, 6.45) is 3.13. The van der Waals surface area contributed by atoms with E-state index in [-0.39, 0.29) is 11.2 Å². The molecular formula is C9H17N3OS. The van der Waals surface area contributed by atoms with E-state index >= 15 is 0 Å². The predicted octanol–water partition coefficient (Wildman–Crippen LogP) is 0.593. The second-order valence-corrected chi connectivity index (χ2v) is 4.36. The van der Waals surface area contributed by atoms with Crippen molar-refractivity contribution in [1.82, 2.24) is 10.6 Å². The molecule has 0 spiro atoms. The van der Waals surface area contributed by atoms with Crippen molar-refractivity contribution < 1.29 is 4.79 Å². The lowest BCUT2D eigenvalue weighted by Gasteiger charge is -2.13. The lowest BCUT2D eigenvalue weighted by atomic mass is 10.2. The number of carbonyl (C=O) groups is 1. The van der Waals surface area contributed by atoms with E-state index in [0.717, 1.165) is 31.0 Å². The Bertz CT molecular complexity index is 230. The fourth-order valence-corrected chi connectivity index (χ4v) is 2.35. The van der Waals surface area contributed by atoms with Gasteiger partial charge in [0.2, 0.25) is 5.91 Å². The summed E-state index contributed by atoms with van der Waals surface area (Å²) in [6.45, 7) is 0.814. The van der Waals surface area contributed by atoms with Crippen LogP contribution in [0.5, 0.6) is 0 Å². The molecule has 1 aliphatic rings. The minimum absolute atomic E-state index is 0.0173. The van der Waals surface area contributed by atoms with Crippen LogP contribution < -0.4 is 10.6 Å². The topological polar surface area (TPSA) is 53.5 Å². The van der Waals surface area contributed by atoms with Crippen LogP contribution in [0.4, 0.5) is 0 Å². The summed E-state index contributed by atoms with van der Waals surface area (Å²) in [4.78, 5) is 15.6. The largest absolute Gasteiger partial charge is 0.368 e. The first-order chi connectivity index (χ1) is 6.77. The van der Waals surface area contributed by atoms with Gasteiger partial charge in [-0.15, -0.1) is 0 Å². The van der Waals surface area contributed by atoms with Crippen LogP contribution in [0.1, 0.15) is 19.3 Å². The molecule has 0 aromatic carbocycles. The maximum Gasteiger partial charge on any atom is 0.233 e. The molecule has 1 heterocycles. The van der Waals surface area contributed by atoms with Crippen molar-refractivity contribution in [3.8, 4) is 0 Å². The number of aliphatic imine (C=N–C) groups is 1. The fourth-order valence-electron chi connectivity index (χ4n) is 1.38. The Hall–Kier alpha value is -0.710. The number of amides is 1. The Kier molecular flexibility index (Phi) is 4.79. The highest BCUT2D eigenvalue weighted by molar-refractivity contribution is 8.14. The van der Waals surface area contributed by atoms with E-state index in [1.807, 2.05) is 7.05 Å². The molecule has 5 heteroatoms. The van der Waals surface area contributed by atoms with Gasteiger partial charge in [0.1, 0.15) is 0 Å². The van der Waals surface area contributed by atoms with E-state index < -0.39 is 0 Å². The molecule has 0 aromatic heterocycles. The first-order valence-corrected chi connectivity index (χ1v) is 5.74. The molecule has 2 N–H and O–H groups in total. The van der Waals surface area contributed by atoms with Gasteiger partial charge in [-0.25, -0.2) is 0 Å². The molecule has 0 radical (unpaired) electrons. The summed E-state index contributed by atoms with van der Waals surface area (Å²) in [5, 5.41) is 6.72. The van der Waals surface area contributed by atoms with E-state index in [0.29, 0.717) is 0 Å². The maximum absolute atomic E-state index is 11.6. The fraction of sp³-hybridized carbons (Fsp3) is 0.778. The van der Waals surface area contributed by atoms with E-state index in [1.54, 1.807) is 7.05 Å². The summed E-state index contributed by atoms with van der Waals surface area (Å²) in [7, 11) is 3.55. The molecule has 0 aromatic rings. The highest BCUT2D eigenvalue weighted by atomic mass is 32.2. The van der Waals surface area contributed by atoms with Crippen molar-refractivity contribution in [2.75, 3.05) is 20.6 Å². The molecule has 0 bridgehead atoms. The van der Waals surface area contributed by atoms with Crippen LogP contribution in [0, 0.1) is 0 Å². The molecule has 80 valence electrons. The Morgan fingerprint density at radius 1 is 1.64 bits per heavy atom. The number of thioether (sulfide) groups is 1. The van der Waals surface area contributed by atoms with Gasteiger partial charge in [-0.3, -0.25) is 9.79 Å². The third-order valence-corrected chi connectivity index (χ3v) is 3.50. The maximum atomic E-state index is 11.6. The van der Waals surface area contributed by atoms with Crippen molar-refractivity contribution in [3.63, 3.8) is 0 Å². The van der Waals surface area contributed by atoms with Gasteiger partial charge in [0.15, 0.2) is 5.17 Å². The molecule has 1 aliphatic heterocycles. The number of hydrogen-bond acceptors (Lipinski definition) is 3. The summed E-state index contributed by atoms with van der Waals surface area (Å²) in [5.41, 5.74) is 0. The third kappa shape index (κ3) is 3.21. The monoisotopic (exact) mass is 215 g/mol. The van der Waals surface area contributed by atoms with Gasteiger partial charge in [0, 0.05) is 20.6 Å². The second kappa shape index (κ2) is 5.90. The number of carbonyl (C=O) groups excluding carboxylic acids is 1. The van der Waals surface area contributed by atoms with Gasteiger partial charge in [0.25, 0.3) is 0 Å².